The number of aromatic nitrogens is 2. The molecule has 0 aliphatic heterocycles. The fourth-order valence-electron chi connectivity index (χ4n) is 2.52. The Balaban J connectivity index is 1.74. The van der Waals surface area contributed by atoms with Crippen LogP contribution in [0.5, 0.6) is 5.88 Å². The van der Waals surface area contributed by atoms with Crippen molar-refractivity contribution < 1.29 is 13.9 Å². The Morgan fingerprint density at radius 1 is 1.07 bits per heavy atom. The van der Waals surface area contributed by atoms with Gasteiger partial charge in [-0.1, -0.05) is 6.07 Å². The van der Waals surface area contributed by atoms with E-state index in [2.05, 4.69) is 10.4 Å². The number of ether oxygens (including phenoxy) is 1. The third-order valence-corrected chi connectivity index (χ3v) is 4.29. The highest BCUT2D eigenvalue weighted by Crippen LogP contribution is 2.15. The number of rotatable bonds is 5. The number of anilines is 1. The van der Waals surface area contributed by atoms with Crippen LogP contribution in [0.15, 0.2) is 59.4 Å². The van der Waals surface area contributed by atoms with Crippen molar-refractivity contribution in [3.8, 4) is 11.6 Å². The van der Waals surface area contributed by atoms with Crippen molar-refractivity contribution in [3.63, 3.8) is 0 Å². The number of benzene rings is 2. The normalized spacial score (nSPS) is 11.7. The van der Waals surface area contributed by atoms with Gasteiger partial charge in [-0.05, 0) is 68.3 Å². The van der Waals surface area contributed by atoms with Gasteiger partial charge in [0.2, 0.25) is 5.88 Å². The maximum absolute atomic E-state index is 13.1. The standard InChI is InChI=1S/C21H20FN3O3/c1-13-4-7-17(12-14(13)2)23-21(27)15(3)28-19-10-11-20(26)25(24-19)18-8-5-16(22)6-9-18/h4-12,15H,1-3H3,(H,23,27). The summed E-state index contributed by atoms with van der Waals surface area (Å²) in [6, 6.07) is 13.6. The lowest BCUT2D eigenvalue weighted by atomic mass is 10.1. The minimum atomic E-state index is -0.840. The van der Waals surface area contributed by atoms with Gasteiger partial charge in [0, 0.05) is 17.8 Å². The molecule has 1 N–H and O–H groups in total. The maximum Gasteiger partial charge on any atom is 0.271 e. The molecular formula is C21H20FN3O3. The number of amides is 1. The fourth-order valence-corrected chi connectivity index (χ4v) is 2.52. The zero-order chi connectivity index (χ0) is 20.3. The largest absolute Gasteiger partial charge is 0.463 e. The molecule has 0 bridgehead atoms. The highest BCUT2D eigenvalue weighted by atomic mass is 19.1. The van der Waals surface area contributed by atoms with Crippen molar-refractivity contribution in [2.24, 2.45) is 0 Å². The Bertz CT molecular complexity index is 1060. The van der Waals surface area contributed by atoms with Crippen LogP contribution in [0, 0.1) is 19.7 Å². The van der Waals surface area contributed by atoms with Crippen LogP contribution in [0.3, 0.4) is 0 Å². The van der Waals surface area contributed by atoms with Gasteiger partial charge in [-0.3, -0.25) is 9.59 Å². The monoisotopic (exact) mass is 381 g/mol. The second-order valence-electron chi connectivity index (χ2n) is 6.45. The van der Waals surface area contributed by atoms with Gasteiger partial charge < -0.3 is 10.1 Å². The topological polar surface area (TPSA) is 73.2 Å². The number of aryl methyl sites for hydroxylation is 2. The summed E-state index contributed by atoms with van der Waals surface area (Å²) < 4.78 is 19.8. The first kappa shape index (κ1) is 19.3. The highest BCUT2D eigenvalue weighted by molar-refractivity contribution is 5.94. The third-order valence-electron chi connectivity index (χ3n) is 4.29. The van der Waals surface area contributed by atoms with Gasteiger partial charge >= 0.3 is 0 Å². The summed E-state index contributed by atoms with van der Waals surface area (Å²) in [7, 11) is 0. The van der Waals surface area contributed by atoms with Gasteiger partial charge in [-0.15, -0.1) is 5.10 Å². The number of carbonyl (C=O) groups is 1. The lowest BCUT2D eigenvalue weighted by Crippen LogP contribution is -2.31. The van der Waals surface area contributed by atoms with E-state index in [1.54, 1.807) is 6.92 Å². The van der Waals surface area contributed by atoms with Gasteiger partial charge in [-0.25, -0.2) is 4.39 Å². The van der Waals surface area contributed by atoms with Crippen molar-refractivity contribution in [1.29, 1.82) is 0 Å². The molecule has 6 nitrogen and oxygen atoms in total. The first-order chi connectivity index (χ1) is 13.3. The molecule has 1 aromatic heterocycles. The van der Waals surface area contributed by atoms with Crippen LogP contribution in [0.4, 0.5) is 10.1 Å². The highest BCUT2D eigenvalue weighted by Gasteiger charge is 2.16. The van der Waals surface area contributed by atoms with Crippen molar-refractivity contribution in [1.82, 2.24) is 9.78 Å². The smallest absolute Gasteiger partial charge is 0.271 e. The Labute approximate surface area is 161 Å². The van der Waals surface area contributed by atoms with E-state index in [0.717, 1.165) is 15.8 Å². The molecular weight excluding hydrogens is 361 g/mol. The summed E-state index contributed by atoms with van der Waals surface area (Å²) in [4.78, 5) is 24.4. The fraction of sp³-hybridized carbons (Fsp3) is 0.190. The Hall–Kier alpha value is -3.48. The molecule has 0 aliphatic rings. The minimum absolute atomic E-state index is 0.103. The van der Waals surface area contributed by atoms with Crippen LogP contribution in [-0.2, 0) is 4.79 Å². The van der Waals surface area contributed by atoms with E-state index in [-0.39, 0.29) is 11.8 Å². The molecule has 0 aliphatic carbocycles. The van der Waals surface area contributed by atoms with Crippen LogP contribution in [0.1, 0.15) is 18.1 Å². The minimum Gasteiger partial charge on any atom is -0.463 e. The van der Waals surface area contributed by atoms with Crippen LogP contribution in [-0.4, -0.2) is 21.8 Å². The number of hydrogen-bond acceptors (Lipinski definition) is 4. The van der Waals surface area contributed by atoms with Crippen LogP contribution >= 0.6 is 0 Å². The van der Waals surface area contributed by atoms with E-state index in [1.807, 2.05) is 32.0 Å². The van der Waals surface area contributed by atoms with Crippen molar-refractivity contribution in [3.05, 3.63) is 81.9 Å². The summed E-state index contributed by atoms with van der Waals surface area (Å²) >= 11 is 0. The zero-order valence-corrected chi connectivity index (χ0v) is 15.8. The maximum atomic E-state index is 13.1. The first-order valence-electron chi connectivity index (χ1n) is 8.74. The third kappa shape index (κ3) is 4.43. The summed E-state index contributed by atoms with van der Waals surface area (Å²) in [6.45, 7) is 5.55. The molecule has 0 saturated carbocycles. The van der Waals surface area contributed by atoms with Crippen molar-refractivity contribution in [2.45, 2.75) is 26.9 Å². The molecule has 1 heterocycles. The van der Waals surface area contributed by atoms with Gasteiger partial charge in [-0.2, -0.15) is 4.68 Å². The number of nitrogens with zero attached hydrogens (tertiary/aromatic N) is 2. The average molecular weight is 381 g/mol. The molecule has 0 saturated heterocycles. The molecule has 2 aromatic carbocycles. The molecule has 0 fully saturated rings. The number of hydrogen-bond donors (Lipinski definition) is 1. The lowest BCUT2D eigenvalue weighted by molar-refractivity contribution is -0.122. The summed E-state index contributed by atoms with van der Waals surface area (Å²) in [5, 5.41) is 6.90. The van der Waals surface area contributed by atoms with Gasteiger partial charge in [0.15, 0.2) is 6.10 Å². The van der Waals surface area contributed by atoms with Crippen molar-refractivity contribution >= 4 is 11.6 Å². The Kier molecular flexibility index (Phi) is 5.54. The van der Waals surface area contributed by atoms with Gasteiger partial charge in [0.1, 0.15) is 5.82 Å². The lowest BCUT2D eigenvalue weighted by Gasteiger charge is -2.15. The van der Waals surface area contributed by atoms with Crippen molar-refractivity contribution in [2.75, 3.05) is 5.32 Å². The molecule has 28 heavy (non-hydrogen) atoms. The molecule has 3 aromatic rings. The SMILES string of the molecule is Cc1ccc(NC(=O)C(C)Oc2ccc(=O)n(-c3ccc(F)cc3)n2)cc1C. The van der Waals surface area contributed by atoms with E-state index in [4.69, 9.17) is 4.74 Å². The molecule has 0 radical (unpaired) electrons. The van der Waals surface area contributed by atoms with Crippen LogP contribution < -0.4 is 15.6 Å². The number of carbonyl (C=O) groups excluding carboxylic acids is 1. The van der Waals surface area contributed by atoms with Crippen LogP contribution in [0.2, 0.25) is 0 Å². The zero-order valence-electron chi connectivity index (χ0n) is 15.8. The molecule has 7 heteroatoms. The Morgan fingerprint density at radius 3 is 2.46 bits per heavy atom. The van der Waals surface area contributed by atoms with E-state index in [1.165, 1.54) is 36.4 Å². The van der Waals surface area contributed by atoms with E-state index in [0.29, 0.717) is 11.4 Å². The summed E-state index contributed by atoms with van der Waals surface area (Å²) in [5.41, 5.74) is 2.87. The van der Waals surface area contributed by atoms with E-state index >= 15 is 0 Å². The predicted octanol–water partition coefficient (Wildman–Crippen LogP) is 3.39. The van der Waals surface area contributed by atoms with Gasteiger partial charge in [0.05, 0.1) is 5.69 Å². The quantitative estimate of drug-likeness (QED) is 0.735. The second kappa shape index (κ2) is 8.04. The molecule has 1 amide bonds. The van der Waals surface area contributed by atoms with Gasteiger partial charge in [0.25, 0.3) is 11.5 Å². The Morgan fingerprint density at radius 2 is 1.79 bits per heavy atom. The molecule has 3 rings (SSSR count). The van der Waals surface area contributed by atoms with E-state index in [9.17, 15) is 14.0 Å². The first-order valence-corrected chi connectivity index (χ1v) is 8.74. The van der Waals surface area contributed by atoms with Crippen LogP contribution in [0.25, 0.3) is 5.69 Å². The number of halogens is 1. The van der Waals surface area contributed by atoms with E-state index < -0.39 is 17.5 Å². The molecule has 0 spiro atoms. The summed E-state index contributed by atoms with van der Waals surface area (Å²) in [6.07, 6.45) is -0.840. The average Bonchev–Trinajstić information content (AvgIpc) is 2.67. The molecule has 1 unspecified atom stereocenters. The molecule has 144 valence electrons. The molecule has 1 atom stereocenters. The number of nitrogens with one attached hydrogen (secondary N) is 1. The summed E-state index contributed by atoms with van der Waals surface area (Å²) in [5.74, 6) is -0.655. The second-order valence-corrected chi connectivity index (χ2v) is 6.45. The predicted molar refractivity (Wildman–Crippen MR) is 104 cm³/mol.